The molecule has 6 heteroatoms. The molecule has 4 nitrogen and oxygen atoms in total. The Morgan fingerprint density at radius 2 is 2.05 bits per heavy atom. The standard InChI is InChI=1S/C14H18Cl2N2O2/c15-11-6-5-10(7-12(11)16)18-14(19)20-13-4-2-1-3-9(13)8-17/h5-7,9,13H,1-4,8,17H2,(H,18,19). The van der Waals surface area contributed by atoms with E-state index in [1.807, 2.05) is 0 Å². The molecule has 3 N–H and O–H groups in total. The van der Waals surface area contributed by atoms with E-state index >= 15 is 0 Å². The van der Waals surface area contributed by atoms with Crippen LogP contribution >= 0.6 is 23.2 Å². The van der Waals surface area contributed by atoms with E-state index in [1.165, 1.54) is 0 Å². The number of hydrogen-bond donors (Lipinski definition) is 2. The number of anilines is 1. The van der Waals surface area contributed by atoms with Crippen molar-refractivity contribution in [3.63, 3.8) is 0 Å². The molecule has 20 heavy (non-hydrogen) atoms. The van der Waals surface area contributed by atoms with Gasteiger partial charge in [0.1, 0.15) is 6.10 Å². The molecule has 1 saturated carbocycles. The summed E-state index contributed by atoms with van der Waals surface area (Å²) in [6.45, 7) is 0.546. The van der Waals surface area contributed by atoms with Crippen LogP contribution < -0.4 is 11.1 Å². The minimum absolute atomic E-state index is 0.100. The Hall–Kier alpha value is -0.970. The van der Waals surface area contributed by atoms with E-state index in [2.05, 4.69) is 5.32 Å². The Balaban J connectivity index is 1.92. The molecule has 2 atom stereocenters. The van der Waals surface area contributed by atoms with Gasteiger partial charge in [0.2, 0.25) is 0 Å². The first-order valence-corrected chi connectivity index (χ1v) is 7.48. The highest BCUT2D eigenvalue weighted by molar-refractivity contribution is 6.42. The number of benzene rings is 1. The number of rotatable bonds is 3. The van der Waals surface area contributed by atoms with Gasteiger partial charge in [-0.3, -0.25) is 5.32 Å². The molecule has 2 unspecified atom stereocenters. The molecule has 0 heterocycles. The lowest BCUT2D eigenvalue weighted by atomic mass is 9.86. The topological polar surface area (TPSA) is 64.3 Å². The molecule has 0 aromatic heterocycles. The molecule has 1 aromatic carbocycles. The fraction of sp³-hybridized carbons (Fsp3) is 0.500. The summed E-state index contributed by atoms with van der Waals surface area (Å²) in [5.74, 6) is 0.253. The van der Waals surface area contributed by atoms with Gasteiger partial charge in [0.05, 0.1) is 10.0 Å². The number of carbonyl (C=O) groups excluding carboxylic acids is 1. The van der Waals surface area contributed by atoms with E-state index in [0.29, 0.717) is 22.3 Å². The lowest BCUT2D eigenvalue weighted by Gasteiger charge is -2.30. The molecule has 0 aliphatic heterocycles. The van der Waals surface area contributed by atoms with Gasteiger partial charge in [-0.15, -0.1) is 0 Å². The third-order valence-electron chi connectivity index (χ3n) is 3.57. The van der Waals surface area contributed by atoms with Crippen molar-refractivity contribution >= 4 is 35.0 Å². The quantitative estimate of drug-likeness (QED) is 0.883. The lowest BCUT2D eigenvalue weighted by molar-refractivity contribution is 0.0489. The predicted octanol–water partition coefficient (Wildman–Crippen LogP) is 4.06. The van der Waals surface area contributed by atoms with E-state index in [0.717, 1.165) is 25.7 Å². The van der Waals surface area contributed by atoms with Crippen molar-refractivity contribution in [2.24, 2.45) is 11.7 Å². The molecular formula is C14H18Cl2N2O2. The number of amides is 1. The molecular weight excluding hydrogens is 299 g/mol. The smallest absolute Gasteiger partial charge is 0.411 e. The van der Waals surface area contributed by atoms with Crippen molar-refractivity contribution in [2.75, 3.05) is 11.9 Å². The van der Waals surface area contributed by atoms with E-state index in [1.54, 1.807) is 18.2 Å². The van der Waals surface area contributed by atoms with Crippen LogP contribution in [-0.4, -0.2) is 18.7 Å². The molecule has 0 saturated heterocycles. The van der Waals surface area contributed by atoms with Gasteiger partial charge in [-0.1, -0.05) is 29.6 Å². The summed E-state index contributed by atoms with van der Waals surface area (Å²) in [4.78, 5) is 11.9. The van der Waals surface area contributed by atoms with Crippen molar-refractivity contribution < 1.29 is 9.53 Å². The normalized spacial score (nSPS) is 22.4. The number of halogens is 2. The first-order valence-electron chi connectivity index (χ1n) is 6.73. The molecule has 1 aliphatic rings. The largest absolute Gasteiger partial charge is 0.446 e. The number of ether oxygens (including phenoxy) is 1. The van der Waals surface area contributed by atoms with Gasteiger partial charge in [0.25, 0.3) is 0 Å². The summed E-state index contributed by atoms with van der Waals surface area (Å²) >= 11 is 11.7. The first kappa shape index (κ1) is 15.4. The Morgan fingerprint density at radius 3 is 2.75 bits per heavy atom. The summed E-state index contributed by atoms with van der Waals surface area (Å²) in [6.07, 6.45) is 3.53. The average Bonchev–Trinajstić information content (AvgIpc) is 2.43. The second-order valence-corrected chi connectivity index (χ2v) is 5.79. The van der Waals surface area contributed by atoms with E-state index in [-0.39, 0.29) is 12.0 Å². The number of carbonyl (C=O) groups is 1. The summed E-state index contributed by atoms with van der Waals surface area (Å²) < 4.78 is 5.46. The molecule has 0 radical (unpaired) electrons. The summed E-state index contributed by atoms with van der Waals surface area (Å²) in [6, 6.07) is 4.89. The van der Waals surface area contributed by atoms with Gasteiger partial charge < -0.3 is 10.5 Å². The maximum absolute atomic E-state index is 11.9. The van der Waals surface area contributed by atoms with Gasteiger partial charge in [0, 0.05) is 11.6 Å². The van der Waals surface area contributed by atoms with Gasteiger partial charge in [-0.2, -0.15) is 0 Å². The third kappa shape index (κ3) is 4.01. The summed E-state index contributed by atoms with van der Waals surface area (Å²) in [5.41, 5.74) is 6.27. The molecule has 0 bridgehead atoms. The molecule has 2 rings (SSSR count). The zero-order valence-electron chi connectivity index (χ0n) is 11.1. The van der Waals surface area contributed by atoms with Crippen LogP contribution in [0.1, 0.15) is 25.7 Å². The fourth-order valence-corrected chi connectivity index (χ4v) is 2.76. The van der Waals surface area contributed by atoms with Gasteiger partial charge in [-0.05, 0) is 44.0 Å². The first-order chi connectivity index (χ1) is 9.60. The average molecular weight is 317 g/mol. The minimum atomic E-state index is -0.478. The number of nitrogens with one attached hydrogen (secondary N) is 1. The van der Waals surface area contributed by atoms with Crippen LogP contribution in [0.15, 0.2) is 18.2 Å². The fourth-order valence-electron chi connectivity index (χ4n) is 2.46. The predicted molar refractivity (Wildman–Crippen MR) is 81.4 cm³/mol. The monoisotopic (exact) mass is 316 g/mol. The zero-order valence-corrected chi connectivity index (χ0v) is 12.6. The van der Waals surface area contributed by atoms with E-state index < -0.39 is 6.09 Å². The van der Waals surface area contributed by atoms with Crippen molar-refractivity contribution in [1.82, 2.24) is 0 Å². The van der Waals surface area contributed by atoms with E-state index in [4.69, 9.17) is 33.7 Å². The molecule has 110 valence electrons. The maximum Gasteiger partial charge on any atom is 0.411 e. The number of nitrogens with two attached hydrogens (primary N) is 1. The molecule has 0 spiro atoms. The van der Waals surface area contributed by atoms with Crippen LogP contribution in [-0.2, 0) is 4.74 Å². The highest BCUT2D eigenvalue weighted by Gasteiger charge is 2.27. The van der Waals surface area contributed by atoms with Gasteiger partial charge >= 0.3 is 6.09 Å². The Bertz CT molecular complexity index is 482. The highest BCUT2D eigenvalue weighted by atomic mass is 35.5. The summed E-state index contributed by atoms with van der Waals surface area (Å²) in [5, 5.41) is 3.49. The molecule has 1 fully saturated rings. The van der Waals surface area contributed by atoms with Crippen molar-refractivity contribution in [1.29, 1.82) is 0 Å². The Morgan fingerprint density at radius 1 is 1.30 bits per heavy atom. The molecule has 1 aromatic rings. The minimum Gasteiger partial charge on any atom is -0.446 e. The SMILES string of the molecule is NCC1CCCCC1OC(=O)Nc1ccc(Cl)c(Cl)c1. The molecule has 1 aliphatic carbocycles. The highest BCUT2D eigenvalue weighted by Crippen LogP contribution is 2.27. The van der Waals surface area contributed by atoms with Gasteiger partial charge in [0.15, 0.2) is 0 Å². The van der Waals surface area contributed by atoms with Crippen molar-refractivity contribution in [3.05, 3.63) is 28.2 Å². The van der Waals surface area contributed by atoms with Crippen molar-refractivity contribution in [3.8, 4) is 0 Å². The molecule has 1 amide bonds. The maximum atomic E-state index is 11.9. The third-order valence-corrected chi connectivity index (χ3v) is 4.31. The van der Waals surface area contributed by atoms with Gasteiger partial charge in [-0.25, -0.2) is 4.79 Å². The Labute approximate surface area is 128 Å². The second-order valence-electron chi connectivity index (χ2n) is 4.98. The van der Waals surface area contributed by atoms with Crippen LogP contribution in [0.2, 0.25) is 10.0 Å². The Kier molecular flexibility index (Phi) is 5.52. The summed E-state index contributed by atoms with van der Waals surface area (Å²) in [7, 11) is 0. The zero-order chi connectivity index (χ0) is 14.5. The van der Waals surface area contributed by atoms with Crippen LogP contribution in [0.4, 0.5) is 10.5 Å². The van der Waals surface area contributed by atoms with E-state index in [9.17, 15) is 4.79 Å². The van der Waals surface area contributed by atoms with Crippen LogP contribution in [0.25, 0.3) is 0 Å². The number of hydrogen-bond acceptors (Lipinski definition) is 3. The van der Waals surface area contributed by atoms with Crippen LogP contribution in [0.3, 0.4) is 0 Å². The lowest BCUT2D eigenvalue weighted by Crippen LogP contribution is -2.35. The van der Waals surface area contributed by atoms with Crippen molar-refractivity contribution in [2.45, 2.75) is 31.8 Å². The van der Waals surface area contributed by atoms with Crippen LogP contribution in [0, 0.1) is 5.92 Å². The second kappa shape index (κ2) is 7.16. The van der Waals surface area contributed by atoms with Crippen LogP contribution in [0.5, 0.6) is 0 Å².